The van der Waals surface area contributed by atoms with Crippen LogP contribution in [0.15, 0.2) is 12.3 Å². The summed E-state index contributed by atoms with van der Waals surface area (Å²) in [5, 5.41) is 14.8. The van der Waals surface area contributed by atoms with Gasteiger partial charge in [0, 0.05) is 17.4 Å². The van der Waals surface area contributed by atoms with Crippen molar-refractivity contribution in [1.29, 1.82) is 0 Å². The number of hydrogen-bond acceptors (Lipinski definition) is 5. The summed E-state index contributed by atoms with van der Waals surface area (Å²) < 4.78 is 0. The molecule has 1 aromatic rings. The Kier molecular flexibility index (Phi) is 4.87. The summed E-state index contributed by atoms with van der Waals surface area (Å²) in [4.78, 5) is 14.2. The van der Waals surface area contributed by atoms with E-state index in [9.17, 15) is 10.1 Å². The van der Waals surface area contributed by atoms with Crippen LogP contribution in [0.5, 0.6) is 0 Å². The molecule has 2 atom stereocenters. The van der Waals surface area contributed by atoms with Gasteiger partial charge in [-0.05, 0) is 18.6 Å². The van der Waals surface area contributed by atoms with E-state index < -0.39 is 4.92 Å². The van der Waals surface area contributed by atoms with E-state index in [0.29, 0.717) is 22.1 Å². The van der Waals surface area contributed by atoms with Crippen molar-refractivity contribution in [3.63, 3.8) is 0 Å². The molecule has 1 aliphatic rings. The third kappa shape index (κ3) is 3.51. The predicted octanol–water partition coefficient (Wildman–Crippen LogP) is 3.73. The number of pyridine rings is 1. The maximum Gasteiger partial charge on any atom is 0.289 e. The molecule has 104 valence electrons. The molecule has 1 aromatic heterocycles. The van der Waals surface area contributed by atoms with E-state index in [-0.39, 0.29) is 5.69 Å². The summed E-state index contributed by atoms with van der Waals surface area (Å²) in [6, 6.07) is 1.68. The number of anilines is 1. The Balaban J connectivity index is 2.08. The molecule has 7 heteroatoms. The molecule has 1 fully saturated rings. The summed E-state index contributed by atoms with van der Waals surface area (Å²) >= 11 is 7.98. The number of aromatic nitrogens is 1. The van der Waals surface area contributed by atoms with Crippen LogP contribution in [0.2, 0.25) is 5.02 Å². The van der Waals surface area contributed by atoms with Crippen LogP contribution in [-0.2, 0) is 0 Å². The first-order chi connectivity index (χ1) is 9.11. The van der Waals surface area contributed by atoms with Gasteiger partial charge >= 0.3 is 0 Å². The van der Waals surface area contributed by atoms with Crippen LogP contribution in [0.1, 0.15) is 26.2 Å². The van der Waals surface area contributed by atoms with E-state index in [1.54, 1.807) is 0 Å². The van der Waals surface area contributed by atoms with Crippen LogP contribution in [0.4, 0.5) is 11.5 Å². The lowest BCUT2D eigenvalue weighted by Crippen LogP contribution is -2.26. The topological polar surface area (TPSA) is 68.1 Å². The van der Waals surface area contributed by atoms with Gasteiger partial charge in [0.2, 0.25) is 0 Å². The molecule has 0 radical (unpaired) electrons. The fraction of sp³-hybridized carbons (Fsp3) is 0.583. The van der Waals surface area contributed by atoms with Crippen molar-refractivity contribution in [3.8, 4) is 0 Å². The minimum Gasteiger partial charge on any atom is -0.365 e. The average molecular weight is 302 g/mol. The first-order valence-corrected chi connectivity index (χ1v) is 7.72. The molecule has 1 heterocycles. The Bertz CT molecular complexity index is 472. The number of nitrogens with zero attached hydrogens (tertiary/aromatic N) is 2. The molecule has 2 rings (SSSR count). The molecule has 1 aliphatic carbocycles. The second-order valence-corrected chi connectivity index (χ2v) is 6.38. The number of rotatable bonds is 5. The molecule has 0 aromatic carbocycles. The molecular formula is C12H16ClN3O2S. The van der Waals surface area contributed by atoms with Crippen LogP contribution < -0.4 is 5.32 Å². The zero-order valence-corrected chi connectivity index (χ0v) is 12.2. The van der Waals surface area contributed by atoms with Crippen molar-refractivity contribution in [2.45, 2.75) is 37.5 Å². The Morgan fingerprint density at radius 1 is 1.63 bits per heavy atom. The first-order valence-electron chi connectivity index (χ1n) is 6.30. The van der Waals surface area contributed by atoms with E-state index in [2.05, 4.69) is 17.2 Å². The Morgan fingerprint density at radius 2 is 2.42 bits per heavy atom. The van der Waals surface area contributed by atoms with Gasteiger partial charge in [-0.15, -0.1) is 0 Å². The van der Waals surface area contributed by atoms with Crippen LogP contribution in [0.25, 0.3) is 0 Å². The second kappa shape index (κ2) is 6.43. The number of nitro groups is 1. The predicted molar refractivity (Wildman–Crippen MR) is 79.1 cm³/mol. The van der Waals surface area contributed by atoms with E-state index in [4.69, 9.17) is 11.6 Å². The average Bonchev–Trinajstić information content (AvgIpc) is 2.79. The minimum atomic E-state index is -0.492. The standard InChI is InChI=1S/C12H16ClN3O2S/c1-2-19-11-5-3-4-10(11)15-12-9(13)6-8(7-14-12)16(17)18/h6-7,10-11H,2-5H2,1H3,(H,14,15). The van der Waals surface area contributed by atoms with E-state index in [1.165, 1.54) is 25.1 Å². The number of hydrogen-bond donors (Lipinski definition) is 1. The third-order valence-electron chi connectivity index (χ3n) is 3.19. The Hall–Kier alpha value is -1.01. The molecule has 2 unspecified atom stereocenters. The minimum absolute atomic E-state index is 0.0820. The Morgan fingerprint density at radius 3 is 3.05 bits per heavy atom. The van der Waals surface area contributed by atoms with Crippen molar-refractivity contribution < 1.29 is 4.92 Å². The van der Waals surface area contributed by atoms with Gasteiger partial charge in [0.25, 0.3) is 5.69 Å². The fourth-order valence-electron chi connectivity index (χ4n) is 2.31. The molecule has 0 spiro atoms. The van der Waals surface area contributed by atoms with Crippen molar-refractivity contribution >= 4 is 34.9 Å². The maximum absolute atomic E-state index is 10.6. The first kappa shape index (κ1) is 14.4. The van der Waals surface area contributed by atoms with Gasteiger partial charge in [-0.25, -0.2) is 4.98 Å². The fourth-order valence-corrected chi connectivity index (χ4v) is 3.73. The van der Waals surface area contributed by atoms with Gasteiger partial charge in [0.15, 0.2) is 0 Å². The van der Waals surface area contributed by atoms with E-state index in [0.717, 1.165) is 12.2 Å². The highest BCUT2D eigenvalue weighted by Crippen LogP contribution is 2.33. The van der Waals surface area contributed by atoms with Gasteiger partial charge in [-0.2, -0.15) is 11.8 Å². The molecule has 0 saturated heterocycles. The third-order valence-corrected chi connectivity index (χ3v) is 4.81. The maximum atomic E-state index is 10.6. The highest BCUT2D eigenvalue weighted by molar-refractivity contribution is 7.99. The lowest BCUT2D eigenvalue weighted by atomic mass is 10.2. The zero-order chi connectivity index (χ0) is 13.8. The quantitative estimate of drug-likeness (QED) is 0.663. The highest BCUT2D eigenvalue weighted by Gasteiger charge is 2.28. The lowest BCUT2D eigenvalue weighted by Gasteiger charge is -2.21. The summed E-state index contributed by atoms with van der Waals surface area (Å²) in [6.45, 7) is 2.15. The summed E-state index contributed by atoms with van der Waals surface area (Å²) in [7, 11) is 0. The number of halogens is 1. The van der Waals surface area contributed by atoms with Gasteiger partial charge in [-0.1, -0.05) is 24.9 Å². The smallest absolute Gasteiger partial charge is 0.289 e. The molecule has 1 saturated carbocycles. The molecule has 0 bridgehead atoms. The molecular weight excluding hydrogens is 286 g/mol. The van der Waals surface area contributed by atoms with Gasteiger partial charge < -0.3 is 5.32 Å². The molecule has 19 heavy (non-hydrogen) atoms. The van der Waals surface area contributed by atoms with Crippen molar-refractivity contribution in [1.82, 2.24) is 4.98 Å². The monoisotopic (exact) mass is 301 g/mol. The van der Waals surface area contributed by atoms with E-state index >= 15 is 0 Å². The lowest BCUT2D eigenvalue weighted by molar-refractivity contribution is -0.385. The van der Waals surface area contributed by atoms with Crippen LogP contribution in [0, 0.1) is 10.1 Å². The SMILES string of the molecule is CCSC1CCCC1Nc1ncc([N+](=O)[O-])cc1Cl. The van der Waals surface area contributed by atoms with Gasteiger partial charge in [-0.3, -0.25) is 10.1 Å². The molecule has 5 nitrogen and oxygen atoms in total. The number of nitrogens with one attached hydrogen (secondary N) is 1. The van der Waals surface area contributed by atoms with Crippen molar-refractivity contribution in [2.75, 3.05) is 11.1 Å². The summed E-state index contributed by atoms with van der Waals surface area (Å²) in [6.07, 6.45) is 4.72. The molecule has 0 amide bonds. The largest absolute Gasteiger partial charge is 0.365 e. The highest BCUT2D eigenvalue weighted by atomic mass is 35.5. The van der Waals surface area contributed by atoms with E-state index in [1.807, 2.05) is 11.8 Å². The second-order valence-electron chi connectivity index (χ2n) is 4.46. The molecule has 0 aliphatic heterocycles. The number of thioether (sulfide) groups is 1. The Labute approximate surface area is 121 Å². The molecule has 1 N–H and O–H groups in total. The van der Waals surface area contributed by atoms with Crippen LogP contribution in [-0.4, -0.2) is 27.0 Å². The zero-order valence-electron chi connectivity index (χ0n) is 10.6. The normalized spacial score (nSPS) is 22.4. The van der Waals surface area contributed by atoms with Gasteiger partial charge in [0.05, 0.1) is 9.95 Å². The summed E-state index contributed by atoms with van der Waals surface area (Å²) in [5.74, 6) is 1.63. The van der Waals surface area contributed by atoms with Crippen molar-refractivity contribution in [2.24, 2.45) is 0 Å². The van der Waals surface area contributed by atoms with Crippen LogP contribution in [0.3, 0.4) is 0 Å². The van der Waals surface area contributed by atoms with Gasteiger partial charge in [0.1, 0.15) is 12.0 Å². The van der Waals surface area contributed by atoms with Crippen LogP contribution >= 0.6 is 23.4 Å². The van der Waals surface area contributed by atoms with Crippen molar-refractivity contribution in [3.05, 3.63) is 27.4 Å². The summed E-state index contributed by atoms with van der Waals surface area (Å²) in [5.41, 5.74) is -0.0820.